The van der Waals surface area contributed by atoms with Crippen molar-refractivity contribution in [3.63, 3.8) is 0 Å². The van der Waals surface area contributed by atoms with Crippen molar-refractivity contribution in [3.05, 3.63) is 65.7 Å². The van der Waals surface area contributed by atoms with Crippen molar-refractivity contribution in [1.29, 1.82) is 0 Å². The highest BCUT2D eigenvalue weighted by Gasteiger charge is 1.98. The molecule has 2 aromatic rings. The average molecular weight is 323 g/mol. The lowest BCUT2D eigenvalue weighted by molar-refractivity contribution is -0.111. The molecule has 126 valence electrons. The van der Waals surface area contributed by atoms with Gasteiger partial charge in [-0.05, 0) is 54.3 Å². The van der Waals surface area contributed by atoms with Crippen LogP contribution in [0.25, 0.3) is 6.08 Å². The van der Waals surface area contributed by atoms with Crippen LogP contribution in [0.15, 0.2) is 54.6 Å². The molecule has 24 heavy (non-hydrogen) atoms. The lowest BCUT2D eigenvalue weighted by Crippen LogP contribution is -2.07. The Morgan fingerprint density at radius 1 is 1.04 bits per heavy atom. The van der Waals surface area contributed by atoms with E-state index >= 15 is 0 Å². The van der Waals surface area contributed by atoms with Gasteiger partial charge < -0.3 is 10.1 Å². The zero-order chi connectivity index (χ0) is 17.2. The Morgan fingerprint density at radius 2 is 1.75 bits per heavy atom. The van der Waals surface area contributed by atoms with Crippen molar-refractivity contribution in [3.8, 4) is 5.75 Å². The maximum absolute atomic E-state index is 12.0. The monoisotopic (exact) mass is 323 g/mol. The third kappa shape index (κ3) is 5.92. The Bertz CT molecular complexity index is 657. The molecule has 3 nitrogen and oxygen atoms in total. The van der Waals surface area contributed by atoms with Gasteiger partial charge in [-0.15, -0.1) is 0 Å². The first-order chi connectivity index (χ1) is 11.7. The molecule has 0 aromatic heterocycles. The van der Waals surface area contributed by atoms with E-state index in [1.807, 2.05) is 48.5 Å². The van der Waals surface area contributed by atoms with Gasteiger partial charge in [-0.1, -0.05) is 44.5 Å². The number of ether oxygens (including phenoxy) is 1. The summed E-state index contributed by atoms with van der Waals surface area (Å²) < 4.78 is 5.62. The fourth-order valence-electron chi connectivity index (χ4n) is 2.19. The van der Waals surface area contributed by atoms with Crippen LogP contribution in [-0.2, 0) is 11.2 Å². The van der Waals surface area contributed by atoms with Crippen molar-refractivity contribution >= 4 is 17.7 Å². The molecule has 2 aromatic carbocycles. The van der Waals surface area contributed by atoms with Crippen LogP contribution in [0.5, 0.6) is 5.75 Å². The number of nitrogens with one attached hydrogen (secondary N) is 1. The number of rotatable bonds is 8. The highest BCUT2D eigenvalue weighted by atomic mass is 16.5. The minimum atomic E-state index is -0.137. The number of carbonyl (C=O) groups is 1. The summed E-state index contributed by atoms with van der Waals surface area (Å²) >= 11 is 0. The summed E-state index contributed by atoms with van der Waals surface area (Å²) in [5.41, 5.74) is 3.03. The molecule has 0 heterocycles. The van der Waals surface area contributed by atoms with E-state index in [0.29, 0.717) is 0 Å². The Kier molecular flexibility index (Phi) is 7.09. The van der Waals surface area contributed by atoms with Crippen LogP contribution >= 0.6 is 0 Å². The number of carbonyl (C=O) groups excluding carboxylic acids is 1. The summed E-state index contributed by atoms with van der Waals surface area (Å²) in [4.78, 5) is 12.0. The lowest BCUT2D eigenvalue weighted by atomic mass is 10.1. The molecule has 0 bridgehead atoms. The third-order valence-electron chi connectivity index (χ3n) is 3.70. The van der Waals surface area contributed by atoms with Crippen molar-refractivity contribution in [2.45, 2.75) is 33.1 Å². The van der Waals surface area contributed by atoms with E-state index in [4.69, 9.17) is 4.74 Å². The van der Waals surface area contributed by atoms with Crippen molar-refractivity contribution < 1.29 is 9.53 Å². The van der Waals surface area contributed by atoms with Gasteiger partial charge in [0.2, 0.25) is 5.91 Å². The van der Waals surface area contributed by atoms with Crippen LogP contribution in [0.1, 0.15) is 37.8 Å². The summed E-state index contributed by atoms with van der Waals surface area (Å²) in [7, 11) is 0. The second-order valence-corrected chi connectivity index (χ2v) is 5.64. The Labute approximate surface area is 144 Å². The van der Waals surface area contributed by atoms with Gasteiger partial charge in [-0.2, -0.15) is 0 Å². The van der Waals surface area contributed by atoms with Crippen LogP contribution < -0.4 is 10.1 Å². The average Bonchev–Trinajstić information content (AvgIpc) is 2.62. The maximum atomic E-state index is 12.0. The van der Waals surface area contributed by atoms with Crippen LogP contribution in [0.2, 0.25) is 0 Å². The number of amides is 1. The first-order valence-corrected chi connectivity index (χ1v) is 8.52. The van der Waals surface area contributed by atoms with Crippen LogP contribution in [0.3, 0.4) is 0 Å². The van der Waals surface area contributed by atoms with E-state index in [2.05, 4.69) is 19.2 Å². The first kappa shape index (κ1) is 17.8. The third-order valence-corrected chi connectivity index (χ3v) is 3.70. The van der Waals surface area contributed by atoms with Crippen molar-refractivity contribution in [2.75, 3.05) is 11.9 Å². The molecule has 3 heteroatoms. The van der Waals surface area contributed by atoms with Gasteiger partial charge in [-0.3, -0.25) is 4.79 Å². The van der Waals surface area contributed by atoms with Gasteiger partial charge in [0.25, 0.3) is 0 Å². The molecular weight excluding hydrogens is 298 g/mol. The normalized spacial score (nSPS) is 10.8. The van der Waals surface area contributed by atoms with Gasteiger partial charge in [-0.25, -0.2) is 0 Å². The van der Waals surface area contributed by atoms with Gasteiger partial charge in [0.1, 0.15) is 5.75 Å². The largest absolute Gasteiger partial charge is 0.494 e. The predicted molar refractivity (Wildman–Crippen MR) is 100 cm³/mol. The second kappa shape index (κ2) is 9.56. The summed E-state index contributed by atoms with van der Waals surface area (Å²) in [6.45, 7) is 4.99. The summed E-state index contributed by atoms with van der Waals surface area (Å²) in [6, 6.07) is 15.6. The molecule has 0 aliphatic carbocycles. The Morgan fingerprint density at radius 3 is 2.38 bits per heavy atom. The van der Waals surface area contributed by atoms with E-state index < -0.39 is 0 Å². The smallest absolute Gasteiger partial charge is 0.248 e. The van der Waals surface area contributed by atoms with E-state index in [1.165, 1.54) is 5.56 Å². The van der Waals surface area contributed by atoms with E-state index in [9.17, 15) is 4.79 Å². The predicted octanol–water partition coefficient (Wildman–Crippen LogP) is 5.08. The summed E-state index contributed by atoms with van der Waals surface area (Å²) in [5, 5.41) is 2.86. The van der Waals surface area contributed by atoms with Crippen LogP contribution in [0.4, 0.5) is 5.69 Å². The minimum Gasteiger partial charge on any atom is -0.494 e. The quantitative estimate of drug-likeness (QED) is 0.543. The molecule has 0 fully saturated rings. The fourth-order valence-corrected chi connectivity index (χ4v) is 2.19. The van der Waals surface area contributed by atoms with E-state index in [1.54, 1.807) is 12.2 Å². The number of hydrogen-bond donors (Lipinski definition) is 1. The molecule has 0 atom stereocenters. The molecule has 0 unspecified atom stereocenters. The number of anilines is 1. The number of aryl methyl sites for hydroxylation is 1. The number of unbranched alkanes of at least 4 members (excludes halogenated alkanes) is 1. The van der Waals surface area contributed by atoms with Crippen LogP contribution in [0, 0.1) is 0 Å². The van der Waals surface area contributed by atoms with Gasteiger partial charge in [0.15, 0.2) is 0 Å². The molecule has 0 aliphatic rings. The highest BCUT2D eigenvalue weighted by molar-refractivity contribution is 6.01. The fraction of sp³-hybridized carbons (Fsp3) is 0.286. The number of hydrogen-bond acceptors (Lipinski definition) is 2. The van der Waals surface area contributed by atoms with Crippen LogP contribution in [-0.4, -0.2) is 12.5 Å². The molecule has 0 aliphatic heterocycles. The molecule has 1 amide bonds. The van der Waals surface area contributed by atoms with E-state index in [0.717, 1.165) is 42.9 Å². The van der Waals surface area contributed by atoms with Gasteiger partial charge in [0.05, 0.1) is 6.61 Å². The topological polar surface area (TPSA) is 38.3 Å². The molecule has 0 radical (unpaired) electrons. The van der Waals surface area contributed by atoms with Crippen molar-refractivity contribution in [1.82, 2.24) is 0 Å². The standard InChI is InChI=1S/C21H25NO2/c1-3-5-16-24-20-13-8-18(9-14-20)10-15-21(23)22-19-11-6-17(4-2)7-12-19/h6-15H,3-5,16H2,1-2H3,(H,22,23). The Hall–Kier alpha value is -2.55. The zero-order valence-corrected chi connectivity index (χ0v) is 14.4. The van der Waals surface area contributed by atoms with Gasteiger partial charge >= 0.3 is 0 Å². The molecule has 2 rings (SSSR count). The summed E-state index contributed by atoms with van der Waals surface area (Å²) in [5.74, 6) is 0.726. The molecule has 0 saturated heterocycles. The maximum Gasteiger partial charge on any atom is 0.248 e. The lowest BCUT2D eigenvalue weighted by Gasteiger charge is -2.05. The molecular formula is C21H25NO2. The second-order valence-electron chi connectivity index (χ2n) is 5.64. The summed E-state index contributed by atoms with van der Waals surface area (Å²) in [6.07, 6.45) is 6.51. The Balaban J connectivity index is 1.86. The van der Waals surface area contributed by atoms with Crippen molar-refractivity contribution in [2.24, 2.45) is 0 Å². The number of benzene rings is 2. The first-order valence-electron chi connectivity index (χ1n) is 8.52. The minimum absolute atomic E-state index is 0.137. The molecule has 1 N–H and O–H groups in total. The van der Waals surface area contributed by atoms with E-state index in [-0.39, 0.29) is 5.91 Å². The van der Waals surface area contributed by atoms with Gasteiger partial charge in [0, 0.05) is 11.8 Å². The SMILES string of the molecule is CCCCOc1ccc(C=CC(=O)Nc2ccc(CC)cc2)cc1. The molecule has 0 saturated carbocycles. The highest BCUT2D eigenvalue weighted by Crippen LogP contribution is 2.14. The molecule has 0 spiro atoms. The zero-order valence-electron chi connectivity index (χ0n) is 14.4.